The SMILES string of the molecule is CCN(CC)CCCN1C(=O)C(=O)/C(=C(/O)c2ccncc2)C1c1ccc(F)cc1. The fraction of sp³-hybridized carbons (Fsp3) is 0.348. The second-order valence-corrected chi connectivity index (χ2v) is 7.16. The molecule has 0 bridgehead atoms. The maximum absolute atomic E-state index is 13.5. The minimum absolute atomic E-state index is 0.0145. The number of amides is 1. The predicted octanol–water partition coefficient (Wildman–Crippen LogP) is 3.37. The zero-order valence-corrected chi connectivity index (χ0v) is 17.2. The van der Waals surface area contributed by atoms with E-state index in [1.165, 1.54) is 29.4 Å². The lowest BCUT2D eigenvalue weighted by Gasteiger charge is -2.26. The number of nitrogens with zero attached hydrogens (tertiary/aromatic N) is 3. The summed E-state index contributed by atoms with van der Waals surface area (Å²) in [4.78, 5) is 33.4. The number of carbonyl (C=O) groups is 2. The molecule has 0 radical (unpaired) electrons. The Labute approximate surface area is 175 Å². The molecule has 1 atom stereocenters. The average molecular weight is 411 g/mol. The van der Waals surface area contributed by atoms with Crippen molar-refractivity contribution in [2.45, 2.75) is 26.3 Å². The van der Waals surface area contributed by atoms with E-state index < -0.39 is 23.5 Å². The van der Waals surface area contributed by atoms with Gasteiger partial charge in [-0.05, 0) is 55.9 Å². The number of carbonyl (C=O) groups excluding carboxylic acids is 2. The monoisotopic (exact) mass is 411 g/mol. The van der Waals surface area contributed by atoms with Gasteiger partial charge in [-0.15, -0.1) is 0 Å². The summed E-state index contributed by atoms with van der Waals surface area (Å²) in [6.45, 7) is 7.09. The Morgan fingerprint density at radius 3 is 2.33 bits per heavy atom. The van der Waals surface area contributed by atoms with Crippen LogP contribution in [0.1, 0.15) is 37.4 Å². The molecule has 0 saturated carbocycles. The van der Waals surface area contributed by atoms with Crippen LogP contribution in [0.25, 0.3) is 5.76 Å². The largest absolute Gasteiger partial charge is 0.507 e. The van der Waals surface area contributed by atoms with Crippen molar-refractivity contribution in [1.29, 1.82) is 0 Å². The molecule has 6 nitrogen and oxygen atoms in total. The first-order chi connectivity index (χ1) is 14.5. The van der Waals surface area contributed by atoms with Crippen molar-refractivity contribution < 1.29 is 19.1 Å². The number of hydrogen-bond donors (Lipinski definition) is 1. The Hall–Kier alpha value is -3.06. The highest BCUT2D eigenvalue weighted by atomic mass is 19.1. The van der Waals surface area contributed by atoms with Crippen LogP contribution in [-0.4, -0.2) is 57.8 Å². The first-order valence-corrected chi connectivity index (χ1v) is 10.1. The molecule has 3 rings (SSSR count). The second-order valence-electron chi connectivity index (χ2n) is 7.16. The van der Waals surface area contributed by atoms with Crippen LogP contribution in [0.15, 0.2) is 54.4 Å². The van der Waals surface area contributed by atoms with Crippen molar-refractivity contribution in [1.82, 2.24) is 14.8 Å². The van der Waals surface area contributed by atoms with Gasteiger partial charge in [0.2, 0.25) is 0 Å². The number of pyridine rings is 1. The summed E-state index contributed by atoms with van der Waals surface area (Å²) in [5, 5.41) is 10.9. The second kappa shape index (κ2) is 9.63. The van der Waals surface area contributed by atoms with Crippen molar-refractivity contribution >= 4 is 17.4 Å². The number of hydrogen-bond acceptors (Lipinski definition) is 5. The molecule has 2 heterocycles. The Bertz CT molecular complexity index is 924. The normalized spacial score (nSPS) is 18.4. The molecule has 1 aromatic heterocycles. The Morgan fingerprint density at radius 1 is 1.10 bits per heavy atom. The third-order valence-corrected chi connectivity index (χ3v) is 5.45. The minimum Gasteiger partial charge on any atom is -0.507 e. The third kappa shape index (κ3) is 4.41. The van der Waals surface area contributed by atoms with Gasteiger partial charge < -0.3 is 14.9 Å². The van der Waals surface area contributed by atoms with Gasteiger partial charge >= 0.3 is 0 Å². The van der Waals surface area contributed by atoms with E-state index in [1.54, 1.807) is 24.3 Å². The van der Waals surface area contributed by atoms with Crippen LogP contribution in [0.4, 0.5) is 4.39 Å². The first kappa shape index (κ1) is 21.6. The van der Waals surface area contributed by atoms with Gasteiger partial charge in [-0.3, -0.25) is 14.6 Å². The van der Waals surface area contributed by atoms with Gasteiger partial charge in [0.05, 0.1) is 11.6 Å². The topological polar surface area (TPSA) is 73.7 Å². The molecule has 0 spiro atoms. The van der Waals surface area contributed by atoms with E-state index in [2.05, 4.69) is 23.7 Å². The summed E-state index contributed by atoms with van der Waals surface area (Å²) >= 11 is 0. The minimum atomic E-state index is -0.768. The number of rotatable bonds is 8. The molecule has 1 aliphatic heterocycles. The fourth-order valence-electron chi connectivity index (χ4n) is 3.77. The van der Waals surface area contributed by atoms with Crippen molar-refractivity contribution in [2.24, 2.45) is 0 Å². The molecule has 1 aliphatic rings. The van der Waals surface area contributed by atoms with Crippen LogP contribution in [0, 0.1) is 5.82 Å². The van der Waals surface area contributed by atoms with E-state index in [0.29, 0.717) is 24.1 Å². The molecule has 2 aromatic rings. The molecule has 1 amide bonds. The smallest absolute Gasteiger partial charge is 0.295 e. The molecule has 7 heteroatoms. The van der Waals surface area contributed by atoms with Gasteiger partial charge in [0, 0.05) is 24.5 Å². The van der Waals surface area contributed by atoms with E-state index in [0.717, 1.165) is 19.6 Å². The number of aliphatic hydroxyl groups excluding tert-OH is 1. The number of likely N-dealkylation sites (tertiary alicyclic amines) is 1. The molecule has 1 unspecified atom stereocenters. The lowest BCUT2D eigenvalue weighted by atomic mass is 9.95. The quantitative estimate of drug-likeness (QED) is 0.410. The fourth-order valence-corrected chi connectivity index (χ4v) is 3.77. The molecule has 0 aliphatic carbocycles. The zero-order chi connectivity index (χ0) is 21.7. The van der Waals surface area contributed by atoms with Crippen molar-refractivity contribution in [2.75, 3.05) is 26.2 Å². The van der Waals surface area contributed by atoms with Crippen molar-refractivity contribution in [3.63, 3.8) is 0 Å². The molecule has 30 heavy (non-hydrogen) atoms. The summed E-state index contributed by atoms with van der Waals surface area (Å²) in [6, 6.07) is 8.05. The summed E-state index contributed by atoms with van der Waals surface area (Å²) in [7, 11) is 0. The van der Waals surface area contributed by atoms with Crippen molar-refractivity contribution in [3.8, 4) is 0 Å². The maximum atomic E-state index is 13.5. The first-order valence-electron chi connectivity index (χ1n) is 10.1. The molecule has 1 fully saturated rings. The summed E-state index contributed by atoms with van der Waals surface area (Å²) in [5.74, 6) is -2.05. The van der Waals surface area contributed by atoms with Crippen molar-refractivity contribution in [3.05, 3.63) is 71.3 Å². The van der Waals surface area contributed by atoms with Gasteiger partial charge in [0.15, 0.2) is 0 Å². The van der Waals surface area contributed by atoms with Gasteiger partial charge in [0.1, 0.15) is 11.6 Å². The number of aliphatic hydroxyl groups is 1. The van der Waals surface area contributed by atoms with E-state index in [4.69, 9.17) is 0 Å². The molecule has 1 saturated heterocycles. The molecular formula is C23H26FN3O3. The van der Waals surface area contributed by atoms with E-state index >= 15 is 0 Å². The van der Waals surface area contributed by atoms with Crippen LogP contribution in [0.3, 0.4) is 0 Å². The standard InChI is InChI=1S/C23H26FN3O3/c1-3-26(4-2)14-5-15-27-20(16-6-8-18(24)9-7-16)19(22(29)23(27)30)21(28)17-10-12-25-13-11-17/h6-13,20,28H,3-5,14-15H2,1-2H3/b21-19+. The number of benzene rings is 1. The Balaban J connectivity index is 2.00. The van der Waals surface area contributed by atoms with E-state index in [9.17, 15) is 19.1 Å². The molecular weight excluding hydrogens is 385 g/mol. The van der Waals surface area contributed by atoms with Crippen LogP contribution in [-0.2, 0) is 9.59 Å². The number of Topliss-reactive ketones (excluding diaryl/α,β-unsaturated/α-hetero) is 1. The lowest BCUT2D eigenvalue weighted by Crippen LogP contribution is -2.33. The van der Waals surface area contributed by atoms with Gasteiger partial charge in [-0.1, -0.05) is 26.0 Å². The van der Waals surface area contributed by atoms with Gasteiger partial charge in [-0.25, -0.2) is 4.39 Å². The Morgan fingerprint density at radius 2 is 1.73 bits per heavy atom. The summed E-state index contributed by atoms with van der Waals surface area (Å²) < 4.78 is 13.5. The summed E-state index contributed by atoms with van der Waals surface area (Å²) in [5.41, 5.74) is 0.993. The maximum Gasteiger partial charge on any atom is 0.295 e. The van der Waals surface area contributed by atoms with E-state index in [1.807, 2.05) is 0 Å². The van der Waals surface area contributed by atoms with Crippen LogP contribution < -0.4 is 0 Å². The Kier molecular flexibility index (Phi) is 6.95. The number of aromatic nitrogens is 1. The highest BCUT2D eigenvalue weighted by Crippen LogP contribution is 2.39. The van der Waals surface area contributed by atoms with Crippen LogP contribution in [0.2, 0.25) is 0 Å². The number of halogens is 1. The van der Waals surface area contributed by atoms with Crippen LogP contribution in [0.5, 0.6) is 0 Å². The zero-order valence-electron chi connectivity index (χ0n) is 17.2. The van der Waals surface area contributed by atoms with E-state index in [-0.39, 0.29) is 11.3 Å². The molecule has 158 valence electrons. The molecule has 1 aromatic carbocycles. The number of ketones is 1. The highest BCUT2D eigenvalue weighted by molar-refractivity contribution is 6.46. The van der Waals surface area contributed by atoms with Gasteiger partial charge in [-0.2, -0.15) is 0 Å². The van der Waals surface area contributed by atoms with Crippen LogP contribution >= 0.6 is 0 Å². The van der Waals surface area contributed by atoms with Gasteiger partial charge in [0.25, 0.3) is 11.7 Å². The highest BCUT2D eigenvalue weighted by Gasteiger charge is 2.45. The molecule has 1 N–H and O–H groups in total. The third-order valence-electron chi connectivity index (χ3n) is 5.45. The predicted molar refractivity (Wildman–Crippen MR) is 112 cm³/mol. The lowest BCUT2D eigenvalue weighted by molar-refractivity contribution is -0.140. The summed E-state index contributed by atoms with van der Waals surface area (Å²) in [6.07, 6.45) is 3.69. The average Bonchev–Trinajstić information content (AvgIpc) is 3.02.